The van der Waals surface area contributed by atoms with Crippen LogP contribution in [0.5, 0.6) is 0 Å². The van der Waals surface area contributed by atoms with E-state index in [0.29, 0.717) is 19.3 Å². The molecule has 0 atom stereocenters. The van der Waals surface area contributed by atoms with E-state index in [1.165, 1.54) is 64.2 Å². The van der Waals surface area contributed by atoms with Crippen molar-refractivity contribution in [3.8, 4) is 0 Å². The third kappa shape index (κ3) is 10.2. The zero-order valence-electron chi connectivity index (χ0n) is 18.1. The maximum Gasteiger partial charge on any atom is 0.151 e. The third-order valence-corrected chi connectivity index (χ3v) is 5.80. The third-order valence-electron chi connectivity index (χ3n) is 5.80. The molecular weight excluding hydrogens is 336 g/mol. The summed E-state index contributed by atoms with van der Waals surface area (Å²) in [6, 6.07) is 0. The summed E-state index contributed by atoms with van der Waals surface area (Å²) in [7, 11) is 0. The first-order chi connectivity index (χ1) is 12.9. The first-order valence-electron chi connectivity index (χ1n) is 11.5. The predicted molar refractivity (Wildman–Crippen MR) is 112 cm³/mol. The van der Waals surface area contributed by atoms with Gasteiger partial charge in [-0.2, -0.15) is 0 Å². The number of rotatable bonds is 15. The summed E-state index contributed by atoms with van der Waals surface area (Å²) in [5, 5.41) is 0. The summed E-state index contributed by atoms with van der Waals surface area (Å²) in [5.41, 5.74) is -0.277. The van der Waals surface area contributed by atoms with Crippen LogP contribution in [0, 0.1) is 11.3 Å². The van der Waals surface area contributed by atoms with Crippen LogP contribution in [0.4, 0.5) is 0 Å². The molecule has 1 aliphatic rings. The Morgan fingerprint density at radius 1 is 0.741 bits per heavy atom. The van der Waals surface area contributed by atoms with E-state index in [4.69, 9.17) is 0 Å². The Hall–Kier alpha value is -0.990. The molecule has 0 N–H and O–H groups in total. The molecule has 1 aliphatic carbocycles. The largest absolute Gasteiger partial charge is 0.298 e. The molecule has 0 radical (unpaired) electrons. The van der Waals surface area contributed by atoms with Gasteiger partial charge in [-0.15, -0.1) is 0 Å². The van der Waals surface area contributed by atoms with Crippen LogP contribution in [0.25, 0.3) is 0 Å². The van der Waals surface area contributed by atoms with Gasteiger partial charge < -0.3 is 0 Å². The van der Waals surface area contributed by atoms with Gasteiger partial charge in [-0.05, 0) is 11.8 Å². The van der Waals surface area contributed by atoms with Gasteiger partial charge in [0.2, 0.25) is 0 Å². The Labute approximate surface area is 167 Å². The molecule has 1 fully saturated rings. The number of Topliss-reactive ketones (excluding diaryl/α,β-unsaturated/α-hetero) is 3. The van der Waals surface area contributed by atoms with Gasteiger partial charge in [0.15, 0.2) is 17.3 Å². The minimum atomic E-state index is -0.949. The molecule has 0 heterocycles. The quantitative estimate of drug-likeness (QED) is 0.238. The molecule has 3 heteroatoms. The van der Waals surface area contributed by atoms with E-state index >= 15 is 0 Å². The Morgan fingerprint density at radius 2 is 1.11 bits per heavy atom. The van der Waals surface area contributed by atoms with E-state index < -0.39 is 5.92 Å². The fraction of sp³-hybridized carbons (Fsp3) is 0.875. The van der Waals surface area contributed by atoms with E-state index in [1.807, 2.05) is 13.8 Å². The van der Waals surface area contributed by atoms with Crippen LogP contribution in [0.15, 0.2) is 0 Å². The van der Waals surface area contributed by atoms with Crippen LogP contribution in [-0.2, 0) is 14.4 Å². The fourth-order valence-electron chi connectivity index (χ4n) is 4.21. The number of carbonyl (C=O) groups excluding carboxylic acids is 3. The lowest BCUT2D eigenvalue weighted by atomic mass is 9.70. The number of unbranched alkanes of at least 4 members (excludes halogenated alkanes) is 12. The molecule has 0 unspecified atom stereocenters. The lowest BCUT2D eigenvalue weighted by molar-refractivity contribution is -0.145. The molecule has 0 aromatic rings. The summed E-state index contributed by atoms with van der Waals surface area (Å²) in [4.78, 5) is 36.6. The van der Waals surface area contributed by atoms with Crippen molar-refractivity contribution in [3.63, 3.8) is 0 Å². The lowest BCUT2D eigenvalue weighted by Gasteiger charge is -2.31. The molecular formula is C24H42O3. The first kappa shape index (κ1) is 24.0. The van der Waals surface area contributed by atoms with Gasteiger partial charge in [0.05, 0.1) is 0 Å². The standard InChI is InChI=1S/C24H42O3/c1-4-5-6-7-8-9-10-11-12-13-14-15-16-17-20(25)23-21(26)18-24(2,3)19-22(23)27/h23H,4-19H2,1-3H3. The van der Waals surface area contributed by atoms with Gasteiger partial charge in [-0.3, -0.25) is 14.4 Å². The summed E-state index contributed by atoms with van der Waals surface area (Å²) in [6.07, 6.45) is 17.6. The van der Waals surface area contributed by atoms with E-state index in [-0.39, 0.29) is 22.8 Å². The second kappa shape index (κ2) is 13.2. The van der Waals surface area contributed by atoms with Gasteiger partial charge in [0.25, 0.3) is 0 Å². The van der Waals surface area contributed by atoms with Crippen molar-refractivity contribution in [2.45, 2.75) is 124 Å². The maximum atomic E-state index is 12.3. The second-order valence-electron chi connectivity index (χ2n) is 9.34. The molecule has 0 aromatic heterocycles. The van der Waals surface area contributed by atoms with Crippen molar-refractivity contribution in [1.29, 1.82) is 0 Å². The first-order valence-corrected chi connectivity index (χ1v) is 11.5. The molecule has 3 nitrogen and oxygen atoms in total. The molecule has 156 valence electrons. The highest BCUT2D eigenvalue weighted by Gasteiger charge is 2.42. The summed E-state index contributed by atoms with van der Waals surface area (Å²) < 4.78 is 0. The van der Waals surface area contributed by atoms with Crippen molar-refractivity contribution in [2.24, 2.45) is 11.3 Å². The van der Waals surface area contributed by atoms with Crippen LogP contribution < -0.4 is 0 Å². The molecule has 0 spiro atoms. The average Bonchev–Trinajstić information content (AvgIpc) is 2.57. The SMILES string of the molecule is CCCCCCCCCCCCCCCC(=O)C1C(=O)CC(C)(C)CC1=O. The van der Waals surface area contributed by atoms with Crippen molar-refractivity contribution in [3.05, 3.63) is 0 Å². The normalized spacial score (nSPS) is 17.4. The number of carbonyl (C=O) groups is 3. The van der Waals surface area contributed by atoms with Gasteiger partial charge in [-0.25, -0.2) is 0 Å². The smallest absolute Gasteiger partial charge is 0.151 e. The second-order valence-corrected chi connectivity index (χ2v) is 9.34. The highest BCUT2D eigenvalue weighted by molar-refractivity contribution is 6.20. The van der Waals surface area contributed by atoms with Crippen molar-refractivity contribution in [2.75, 3.05) is 0 Å². The molecule has 1 saturated carbocycles. The fourth-order valence-corrected chi connectivity index (χ4v) is 4.21. The van der Waals surface area contributed by atoms with Gasteiger partial charge in [0, 0.05) is 19.3 Å². The molecule has 0 aromatic carbocycles. The van der Waals surface area contributed by atoms with E-state index in [1.54, 1.807) is 0 Å². The predicted octanol–water partition coefficient (Wildman–Crippen LogP) is 6.61. The summed E-state index contributed by atoms with van der Waals surface area (Å²) >= 11 is 0. The van der Waals surface area contributed by atoms with Crippen molar-refractivity contribution in [1.82, 2.24) is 0 Å². The Kier molecular flexibility index (Phi) is 11.8. The molecule has 0 saturated heterocycles. The Bertz CT molecular complexity index is 444. The minimum Gasteiger partial charge on any atom is -0.298 e. The molecule has 27 heavy (non-hydrogen) atoms. The highest BCUT2D eigenvalue weighted by Crippen LogP contribution is 2.34. The molecule has 0 bridgehead atoms. The zero-order chi connectivity index (χ0) is 20.1. The zero-order valence-corrected chi connectivity index (χ0v) is 18.1. The van der Waals surface area contributed by atoms with Gasteiger partial charge in [-0.1, -0.05) is 97.8 Å². The number of ketones is 3. The Balaban J connectivity index is 2.00. The van der Waals surface area contributed by atoms with Crippen LogP contribution in [0.3, 0.4) is 0 Å². The number of hydrogen-bond acceptors (Lipinski definition) is 3. The van der Waals surface area contributed by atoms with Crippen LogP contribution in [0.2, 0.25) is 0 Å². The molecule has 0 aliphatic heterocycles. The monoisotopic (exact) mass is 378 g/mol. The average molecular weight is 379 g/mol. The van der Waals surface area contributed by atoms with Gasteiger partial charge >= 0.3 is 0 Å². The summed E-state index contributed by atoms with van der Waals surface area (Å²) in [6.45, 7) is 6.11. The van der Waals surface area contributed by atoms with E-state index in [9.17, 15) is 14.4 Å². The number of hydrogen-bond donors (Lipinski definition) is 0. The van der Waals surface area contributed by atoms with Crippen molar-refractivity contribution < 1.29 is 14.4 Å². The van der Waals surface area contributed by atoms with Crippen molar-refractivity contribution >= 4 is 17.3 Å². The highest BCUT2D eigenvalue weighted by atomic mass is 16.2. The van der Waals surface area contributed by atoms with Gasteiger partial charge in [0.1, 0.15) is 5.92 Å². The van der Waals surface area contributed by atoms with Crippen LogP contribution in [0.1, 0.15) is 124 Å². The Morgan fingerprint density at radius 3 is 1.52 bits per heavy atom. The summed E-state index contributed by atoms with van der Waals surface area (Å²) in [5.74, 6) is -1.40. The van der Waals surface area contributed by atoms with Crippen LogP contribution >= 0.6 is 0 Å². The molecule has 0 amide bonds. The van der Waals surface area contributed by atoms with Crippen LogP contribution in [-0.4, -0.2) is 17.3 Å². The topological polar surface area (TPSA) is 51.2 Å². The van der Waals surface area contributed by atoms with E-state index in [2.05, 4.69) is 6.92 Å². The molecule has 1 rings (SSSR count). The maximum absolute atomic E-state index is 12.3. The minimum absolute atomic E-state index is 0.136. The van der Waals surface area contributed by atoms with E-state index in [0.717, 1.165) is 19.3 Å². The lowest BCUT2D eigenvalue weighted by Crippen LogP contribution is -2.41.